The summed E-state index contributed by atoms with van der Waals surface area (Å²) in [6.45, 7) is 7.64. The number of hydrogen-bond donors (Lipinski definition) is 1. The standard InChI is InChI=1S/C10H20N4/c1-10(2)7-11-5-3-4-6-14-9-12-8-13-14/h8-11H,3-7H2,1-2H3. The third kappa shape index (κ3) is 4.97. The zero-order chi connectivity index (χ0) is 10.2. The predicted octanol–water partition coefficient (Wildman–Crippen LogP) is 1.30. The highest BCUT2D eigenvalue weighted by Crippen LogP contribution is 1.92. The van der Waals surface area contributed by atoms with Gasteiger partial charge in [-0.1, -0.05) is 13.8 Å². The van der Waals surface area contributed by atoms with Crippen molar-refractivity contribution in [2.45, 2.75) is 33.2 Å². The molecule has 1 N–H and O–H groups in total. The number of aromatic nitrogens is 3. The lowest BCUT2D eigenvalue weighted by atomic mass is 10.2. The topological polar surface area (TPSA) is 42.7 Å². The molecule has 0 amide bonds. The van der Waals surface area contributed by atoms with Crippen LogP contribution in [0.1, 0.15) is 26.7 Å². The van der Waals surface area contributed by atoms with Crippen LogP contribution in [0.25, 0.3) is 0 Å². The Kier molecular flexibility index (Phi) is 5.22. The highest BCUT2D eigenvalue weighted by Gasteiger charge is 1.94. The average molecular weight is 196 g/mol. The maximum Gasteiger partial charge on any atom is 0.137 e. The molecular formula is C10H20N4. The van der Waals surface area contributed by atoms with Gasteiger partial charge in [0.25, 0.3) is 0 Å². The minimum atomic E-state index is 0.741. The molecule has 4 heteroatoms. The van der Waals surface area contributed by atoms with Gasteiger partial charge in [0.15, 0.2) is 0 Å². The van der Waals surface area contributed by atoms with Crippen LogP contribution in [0, 0.1) is 5.92 Å². The lowest BCUT2D eigenvalue weighted by Gasteiger charge is -2.06. The maximum absolute atomic E-state index is 4.05. The molecule has 0 aliphatic carbocycles. The summed E-state index contributed by atoms with van der Waals surface area (Å²) in [7, 11) is 0. The van der Waals surface area contributed by atoms with Crippen LogP contribution in [0.3, 0.4) is 0 Å². The van der Waals surface area contributed by atoms with E-state index in [0.29, 0.717) is 0 Å². The van der Waals surface area contributed by atoms with Gasteiger partial charge in [0.1, 0.15) is 12.7 Å². The van der Waals surface area contributed by atoms with Crippen LogP contribution in [-0.2, 0) is 6.54 Å². The molecule has 0 bridgehead atoms. The molecule has 1 aromatic heterocycles. The van der Waals surface area contributed by atoms with Gasteiger partial charge in [-0.15, -0.1) is 0 Å². The molecule has 0 spiro atoms. The monoisotopic (exact) mass is 196 g/mol. The van der Waals surface area contributed by atoms with Gasteiger partial charge in [0.2, 0.25) is 0 Å². The molecule has 1 rings (SSSR count). The molecule has 1 aromatic rings. The lowest BCUT2D eigenvalue weighted by molar-refractivity contribution is 0.505. The summed E-state index contributed by atoms with van der Waals surface area (Å²) in [5.74, 6) is 0.741. The molecule has 80 valence electrons. The molecular weight excluding hydrogens is 176 g/mol. The van der Waals surface area contributed by atoms with E-state index in [2.05, 4.69) is 29.2 Å². The van der Waals surface area contributed by atoms with Crippen molar-refractivity contribution in [2.75, 3.05) is 13.1 Å². The second-order valence-corrected chi connectivity index (χ2v) is 3.96. The average Bonchev–Trinajstić information content (AvgIpc) is 2.63. The Morgan fingerprint density at radius 3 is 2.86 bits per heavy atom. The van der Waals surface area contributed by atoms with E-state index in [1.807, 2.05) is 4.68 Å². The summed E-state index contributed by atoms with van der Waals surface area (Å²) in [6, 6.07) is 0. The van der Waals surface area contributed by atoms with Crippen LogP contribution in [0.4, 0.5) is 0 Å². The van der Waals surface area contributed by atoms with E-state index in [1.165, 1.54) is 6.42 Å². The summed E-state index contributed by atoms with van der Waals surface area (Å²) >= 11 is 0. The van der Waals surface area contributed by atoms with Crippen molar-refractivity contribution in [3.05, 3.63) is 12.7 Å². The minimum Gasteiger partial charge on any atom is -0.316 e. The van der Waals surface area contributed by atoms with E-state index >= 15 is 0 Å². The van der Waals surface area contributed by atoms with Gasteiger partial charge in [-0.3, -0.25) is 4.68 Å². The van der Waals surface area contributed by atoms with Crippen molar-refractivity contribution in [2.24, 2.45) is 5.92 Å². The molecule has 0 unspecified atom stereocenters. The number of rotatable bonds is 7. The van der Waals surface area contributed by atoms with E-state index in [0.717, 1.165) is 32.0 Å². The number of hydrogen-bond acceptors (Lipinski definition) is 3. The number of aryl methyl sites for hydroxylation is 1. The Hall–Kier alpha value is -0.900. The molecule has 0 aliphatic rings. The van der Waals surface area contributed by atoms with Crippen LogP contribution in [0.2, 0.25) is 0 Å². The number of nitrogens with zero attached hydrogens (tertiary/aromatic N) is 3. The summed E-state index contributed by atoms with van der Waals surface area (Å²) in [5.41, 5.74) is 0. The van der Waals surface area contributed by atoms with Crippen molar-refractivity contribution in [1.82, 2.24) is 20.1 Å². The zero-order valence-corrected chi connectivity index (χ0v) is 9.11. The van der Waals surface area contributed by atoms with Crippen molar-refractivity contribution in [1.29, 1.82) is 0 Å². The Bertz CT molecular complexity index is 218. The van der Waals surface area contributed by atoms with Crippen LogP contribution >= 0.6 is 0 Å². The van der Waals surface area contributed by atoms with Gasteiger partial charge < -0.3 is 5.32 Å². The number of unbranched alkanes of at least 4 members (excludes halogenated alkanes) is 1. The first kappa shape index (κ1) is 11.2. The van der Waals surface area contributed by atoms with E-state index in [-0.39, 0.29) is 0 Å². The summed E-state index contributed by atoms with van der Waals surface area (Å²) in [5, 5.41) is 7.47. The first-order valence-electron chi connectivity index (χ1n) is 5.32. The molecule has 0 atom stereocenters. The first-order valence-corrected chi connectivity index (χ1v) is 5.32. The maximum atomic E-state index is 4.05. The molecule has 0 aliphatic heterocycles. The van der Waals surface area contributed by atoms with Gasteiger partial charge >= 0.3 is 0 Å². The van der Waals surface area contributed by atoms with E-state index < -0.39 is 0 Å². The third-order valence-corrected chi connectivity index (χ3v) is 2.01. The molecule has 14 heavy (non-hydrogen) atoms. The molecule has 0 saturated carbocycles. The Balaban J connectivity index is 1.90. The second-order valence-electron chi connectivity index (χ2n) is 3.96. The van der Waals surface area contributed by atoms with Gasteiger partial charge in [-0.05, 0) is 31.8 Å². The minimum absolute atomic E-state index is 0.741. The van der Waals surface area contributed by atoms with Crippen molar-refractivity contribution < 1.29 is 0 Å². The van der Waals surface area contributed by atoms with Crippen LogP contribution < -0.4 is 5.32 Å². The van der Waals surface area contributed by atoms with Crippen molar-refractivity contribution in [3.63, 3.8) is 0 Å². The Morgan fingerprint density at radius 2 is 2.21 bits per heavy atom. The molecule has 0 saturated heterocycles. The molecule has 0 fully saturated rings. The Labute approximate surface area is 85.7 Å². The zero-order valence-electron chi connectivity index (χ0n) is 9.11. The normalized spacial score (nSPS) is 11.1. The third-order valence-electron chi connectivity index (χ3n) is 2.01. The molecule has 4 nitrogen and oxygen atoms in total. The van der Waals surface area contributed by atoms with Gasteiger partial charge in [0.05, 0.1) is 0 Å². The number of nitrogens with one attached hydrogen (secondary N) is 1. The Morgan fingerprint density at radius 1 is 1.36 bits per heavy atom. The highest BCUT2D eigenvalue weighted by atomic mass is 15.3. The molecule has 0 aromatic carbocycles. The van der Waals surface area contributed by atoms with Gasteiger partial charge in [0, 0.05) is 6.54 Å². The predicted molar refractivity (Wildman–Crippen MR) is 57.0 cm³/mol. The van der Waals surface area contributed by atoms with Crippen LogP contribution in [0.15, 0.2) is 12.7 Å². The highest BCUT2D eigenvalue weighted by molar-refractivity contribution is 4.57. The van der Waals surface area contributed by atoms with Gasteiger partial charge in [-0.25, -0.2) is 4.98 Å². The van der Waals surface area contributed by atoms with Gasteiger partial charge in [-0.2, -0.15) is 5.10 Å². The summed E-state index contributed by atoms with van der Waals surface area (Å²) in [6.07, 6.45) is 5.71. The molecule has 0 radical (unpaired) electrons. The molecule has 1 heterocycles. The van der Waals surface area contributed by atoms with E-state index in [9.17, 15) is 0 Å². The smallest absolute Gasteiger partial charge is 0.137 e. The fraction of sp³-hybridized carbons (Fsp3) is 0.800. The van der Waals surface area contributed by atoms with Crippen molar-refractivity contribution >= 4 is 0 Å². The lowest BCUT2D eigenvalue weighted by Crippen LogP contribution is -2.20. The fourth-order valence-electron chi connectivity index (χ4n) is 1.26. The van der Waals surface area contributed by atoms with Crippen LogP contribution in [0.5, 0.6) is 0 Å². The fourth-order valence-corrected chi connectivity index (χ4v) is 1.26. The summed E-state index contributed by atoms with van der Waals surface area (Å²) < 4.78 is 1.88. The first-order chi connectivity index (χ1) is 6.79. The van der Waals surface area contributed by atoms with E-state index in [4.69, 9.17) is 0 Å². The second kappa shape index (κ2) is 6.54. The quantitative estimate of drug-likeness (QED) is 0.668. The largest absolute Gasteiger partial charge is 0.316 e. The summed E-state index contributed by atoms with van der Waals surface area (Å²) in [4.78, 5) is 3.90. The van der Waals surface area contributed by atoms with E-state index in [1.54, 1.807) is 12.7 Å². The van der Waals surface area contributed by atoms with Crippen molar-refractivity contribution in [3.8, 4) is 0 Å². The SMILES string of the molecule is CC(C)CNCCCCn1cncn1. The van der Waals surface area contributed by atoms with Crippen LogP contribution in [-0.4, -0.2) is 27.9 Å².